The summed E-state index contributed by atoms with van der Waals surface area (Å²) in [6.45, 7) is 7.44. The van der Waals surface area contributed by atoms with Crippen LogP contribution < -0.4 is 10.6 Å². The van der Waals surface area contributed by atoms with Gasteiger partial charge >= 0.3 is 0 Å². The molecule has 0 fully saturated rings. The summed E-state index contributed by atoms with van der Waals surface area (Å²) in [4.78, 5) is 11.8. The predicted octanol–water partition coefficient (Wildman–Crippen LogP) is 3.67. The molecule has 0 bridgehead atoms. The Balaban J connectivity index is 2.04. The number of nitrogens with one attached hydrogen (secondary N) is 2. The topological polar surface area (TPSA) is 41.1 Å². The molecule has 0 spiro atoms. The Kier molecular flexibility index (Phi) is 4.99. The second kappa shape index (κ2) is 6.93. The molecule has 0 saturated heterocycles. The minimum atomic E-state index is -0.0225. The zero-order chi connectivity index (χ0) is 15.2. The number of amides is 1. The summed E-state index contributed by atoms with van der Waals surface area (Å²) in [5.74, 6) is -0.0225. The molecular formula is C18H22N2O. The Hall–Kier alpha value is -2.29. The van der Waals surface area contributed by atoms with Gasteiger partial charge in [0.2, 0.25) is 0 Å². The van der Waals surface area contributed by atoms with E-state index in [1.54, 1.807) is 0 Å². The average Bonchev–Trinajstić information content (AvgIpc) is 2.48. The number of benzene rings is 2. The zero-order valence-electron chi connectivity index (χ0n) is 12.9. The van der Waals surface area contributed by atoms with Gasteiger partial charge < -0.3 is 10.6 Å². The molecule has 0 atom stereocenters. The smallest absolute Gasteiger partial charge is 0.251 e. The molecule has 3 nitrogen and oxygen atoms in total. The van der Waals surface area contributed by atoms with Gasteiger partial charge in [0.15, 0.2) is 0 Å². The summed E-state index contributed by atoms with van der Waals surface area (Å²) < 4.78 is 0. The normalized spacial score (nSPS) is 10.2. The molecule has 1 amide bonds. The third-order valence-electron chi connectivity index (χ3n) is 3.43. The SMILES string of the molecule is CCNC(=O)c1ccc(NCc2ccc(C)cc2)c(C)c1. The number of hydrogen-bond acceptors (Lipinski definition) is 2. The van der Waals surface area contributed by atoms with Gasteiger partial charge in [-0.3, -0.25) is 4.79 Å². The maximum atomic E-state index is 11.8. The van der Waals surface area contributed by atoms with E-state index in [0.717, 1.165) is 17.8 Å². The summed E-state index contributed by atoms with van der Waals surface area (Å²) in [7, 11) is 0. The van der Waals surface area contributed by atoms with Crippen LogP contribution in [0.15, 0.2) is 42.5 Å². The van der Waals surface area contributed by atoms with Crippen LogP contribution in [0.25, 0.3) is 0 Å². The zero-order valence-corrected chi connectivity index (χ0v) is 12.9. The summed E-state index contributed by atoms with van der Waals surface area (Å²) in [5, 5.41) is 6.23. The Morgan fingerprint density at radius 1 is 1.05 bits per heavy atom. The van der Waals surface area contributed by atoms with E-state index < -0.39 is 0 Å². The summed E-state index contributed by atoms with van der Waals surface area (Å²) in [6, 6.07) is 14.2. The van der Waals surface area contributed by atoms with Gasteiger partial charge in [0.05, 0.1) is 0 Å². The first-order valence-electron chi connectivity index (χ1n) is 7.28. The highest BCUT2D eigenvalue weighted by atomic mass is 16.1. The lowest BCUT2D eigenvalue weighted by Crippen LogP contribution is -2.22. The molecule has 0 aliphatic rings. The van der Waals surface area contributed by atoms with Gasteiger partial charge in [-0.2, -0.15) is 0 Å². The molecule has 2 rings (SSSR count). The van der Waals surface area contributed by atoms with Gasteiger partial charge in [0.1, 0.15) is 0 Å². The van der Waals surface area contributed by atoms with Crippen LogP contribution in [-0.2, 0) is 6.54 Å². The maximum absolute atomic E-state index is 11.8. The predicted molar refractivity (Wildman–Crippen MR) is 87.7 cm³/mol. The molecule has 2 aromatic rings. The van der Waals surface area contributed by atoms with E-state index in [9.17, 15) is 4.79 Å². The van der Waals surface area contributed by atoms with Crippen LogP contribution in [0.5, 0.6) is 0 Å². The van der Waals surface area contributed by atoms with E-state index in [2.05, 4.69) is 41.8 Å². The molecule has 110 valence electrons. The average molecular weight is 282 g/mol. The number of rotatable bonds is 5. The van der Waals surface area contributed by atoms with Crippen LogP contribution in [0.3, 0.4) is 0 Å². The van der Waals surface area contributed by atoms with Gasteiger partial charge in [0, 0.05) is 24.3 Å². The Morgan fingerprint density at radius 3 is 2.38 bits per heavy atom. The van der Waals surface area contributed by atoms with Crippen LogP contribution in [0.1, 0.15) is 34.0 Å². The Bertz CT molecular complexity index is 618. The molecule has 0 aromatic heterocycles. The highest BCUT2D eigenvalue weighted by molar-refractivity contribution is 5.94. The monoisotopic (exact) mass is 282 g/mol. The first-order chi connectivity index (χ1) is 10.1. The third-order valence-corrected chi connectivity index (χ3v) is 3.43. The van der Waals surface area contributed by atoms with Crippen molar-refractivity contribution in [2.75, 3.05) is 11.9 Å². The lowest BCUT2D eigenvalue weighted by atomic mass is 10.1. The van der Waals surface area contributed by atoms with Gasteiger partial charge in [0.25, 0.3) is 5.91 Å². The maximum Gasteiger partial charge on any atom is 0.251 e. The first-order valence-corrected chi connectivity index (χ1v) is 7.28. The number of carbonyl (C=O) groups excluding carboxylic acids is 1. The fourth-order valence-electron chi connectivity index (χ4n) is 2.17. The second-order valence-corrected chi connectivity index (χ2v) is 5.23. The molecule has 0 aliphatic heterocycles. The third kappa shape index (κ3) is 4.09. The molecule has 0 saturated carbocycles. The summed E-state index contributed by atoms with van der Waals surface area (Å²) >= 11 is 0. The van der Waals surface area contributed by atoms with E-state index in [4.69, 9.17) is 0 Å². The fourth-order valence-corrected chi connectivity index (χ4v) is 2.17. The number of anilines is 1. The van der Waals surface area contributed by atoms with Crippen LogP contribution >= 0.6 is 0 Å². The number of carbonyl (C=O) groups is 1. The highest BCUT2D eigenvalue weighted by Crippen LogP contribution is 2.17. The van der Waals surface area contributed by atoms with Crippen molar-refractivity contribution in [2.45, 2.75) is 27.3 Å². The Labute approximate surface area is 126 Å². The van der Waals surface area contributed by atoms with E-state index in [1.165, 1.54) is 11.1 Å². The van der Waals surface area contributed by atoms with Crippen molar-refractivity contribution in [2.24, 2.45) is 0 Å². The van der Waals surface area contributed by atoms with E-state index in [1.807, 2.05) is 32.0 Å². The lowest BCUT2D eigenvalue weighted by molar-refractivity contribution is 0.0956. The minimum Gasteiger partial charge on any atom is -0.381 e. The molecule has 2 N–H and O–H groups in total. The molecule has 0 aliphatic carbocycles. The van der Waals surface area contributed by atoms with E-state index >= 15 is 0 Å². The lowest BCUT2D eigenvalue weighted by Gasteiger charge is -2.11. The van der Waals surface area contributed by atoms with Crippen molar-refractivity contribution in [1.82, 2.24) is 5.32 Å². The van der Waals surface area contributed by atoms with E-state index in [0.29, 0.717) is 12.1 Å². The van der Waals surface area contributed by atoms with Crippen LogP contribution in [0, 0.1) is 13.8 Å². The highest BCUT2D eigenvalue weighted by Gasteiger charge is 2.06. The standard InChI is InChI=1S/C18H22N2O/c1-4-19-18(21)16-9-10-17(14(3)11-16)20-12-15-7-5-13(2)6-8-15/h5-11,20H,4,12H2,1-3H3,(H,19,21). The molecule has 21 heavy (non-hydrogen) atoms. The molecule has 0 radical (unpaired) electrons. The van der Waals surface area contributed by atoms with Gasteiger partial charge in [-0.05, 0) is 50.1 Å². The Morgan fingerprint density at radius 2 is 1.76 bits per heavy atom. The van der Waals surface area contributed by atoms with Crippen molar-refractivity contribution < 1.29 is 4.79 Å². The van der Waals surface area contributed by atoms with Crippen molar-refractivity contribution in [3.05, 3.63) is 64.7 Å². The van der Waals surface area contributed by atoms with Crippen molar-refractivity contribution in [1.29, 1.82) is 0 Å². The number of hydrogen-bond donors (Lipinski definition) is 2. The number of aryl methyl sites for hydroxylation is 2. The molecule has 2 aromatic carbocycles. The molecule has 3 heteroatoms. The van der Waals surface area contributed by atoms with Gasteiger partial charge in [-0.1, -0.05) is 29.8 Å². The van der Waals surface area contributed by atoms with Crippen molar-refractivity contribution >= 4 is 11.6 Å². The summed E-state index contributed by atoms with van der Waals surface area (Å²) in [5.41, 5.74) is 5.35. The van der Waals surface area contributed by atoms with Crippen LogP contribution in [0.4, 0.5) is 5.69 Å². The van der Waals surface area contributed by atoms with E-state index in [-0.39, 0.29) is 5.91 Å². The van der Waals surface area contributed by atoms with Crippen LogP contribution in [0.2, 0.25) is 0 Å². The molecule has 0 unspecified atom stereocenters. The fraction of sp³-hybridized carbons (Fsp3) is 0.278. The van der Waals surface area contributed by atoms with Crippen molar-refractivity contribution in [3.8, 4) is 0 Å². The van der Waals surface area contributed by atoms with Crippen molar-refractivity contribution in [3.63, 3.8) is 0 Å². The summed E-state index contributed by atoms with van der Waals surface area (Å²) in [6.07, 6.45) is 0. The second-order valence-electron chi connectivity index (χ2n) is 5.23. The van der Waals surface area contributed by atoms with Gasteiger partial charge in [-0.25, -0.2) is 0 Å². The van der Waals surface area contributed by atoms with Gasteiger partial charge in [-0.15, -0.1) is 0 Å². The largest absolute Gasteiger partial charge is 0.381 e. The van der Waals surface area contributed by atoms with Crippen LogP contribution in [-0.4, -0.2) is 12.5 Å². The quantitative estimate of drug-likeness (QED) is 0.878. The first kappa shape index (κ1) is 15.1. The molecular weight excluding hydrogens is 260 g/mol. The minimum absolute atomic E-state index is 0.0225. The molecule has 0 heterocycles.